The molecule has 2 nitrogen and oxygen atoms in total. The third-order valence-electron chi connectivity index (χ3n) is 2.73. The van der Waals surface area contributed by atoms with E-state index in [1.165, 1.54) is 22.3 Å². The first-order chi connectivity index (χ1) is 6.69. The highest BCUT2D eigenvalue weighted by atomic mass is 16.6. The lowest BCUT2D eigenvalue weighted by atomic mass is 9.97. The minimum absolute atomic E-state index is 0.591. The summed E-state index contributed by atoms with van der Waals surface area (Å²) >= 11 is 0. The van der Waals surface area contributed by atoms with E-state index in [0.717, 1.165) is 12.8 Å². The van der Waals surface area contributed by atoms with Crippen molar-refractivity contribution in [1.29, 1.82) is 0 Å². The zero-order valence-electron chi connectivity index (χ0n) is 9.26. The molecule has 0 saturated heterocycles. The summed E-state index contributed by atoms with van der Waals surface area (Å²) in [6.07, 6.45) is 1.98. The number of rotatable bonds is 4. The Morgan fingerprint density at radius 2 is 2.00 bits per heavy atom. The molecule has 0 unspecified atom stereocenters. The molecule has 14 heavy (non-hydrogen) atoms. The van der Waals surface area contributed by atoms with E-state index >= 15 is 0 Å². The zero-order chi connectivity index (χ0) is 10.6. The van der Waals surface area contributed by atoms with E-state index < -0.39 is 0 Å². The van der Waals surface area contributed by atoms with E-state index in [-0.39, 0.29) is 0 Å². The number of hydrogen-bond acceptors (Lipinski definition) is 2. The second-order valence-corrected chi connectivity index (χ2v) is 3.67. The maximum atomic E-state index is 5.04. The average Bonchev–Trinajstić information content (AvgIpc) is 2.20. The molecule has 0 radical (unpaired) electrons. The Hall–Kier alpha value is -0.860. The van der Waals surface area contributed by atoms with Gasteiger partial charge in [-0.2, -0.15) is 0 Å². The van der Waals surface area contributed by atoms with Gasteiger partial charge in [0.1, 0.15) is 0 Å². The van der Waals surface area contributed by atoms with Crippen LogP contribution in [0.5, 0.6) is 0 Å². The van der Waals surface area contributed by atoms with Gasteiger partial charge in [-0.15, -0.1) is 0 Å². The van der Waals surface area contributed by atoms with Crippen LogP contribution in [0.15, 0.2) is 12.1 Å². The Kier molecular flexibility index (Phi) is 4.11. The van der Waals surface area contributed by atoms with Gasteiger partial charge in [0, 0.05) is 0 Å². The van der Waals surface area contributed by atoms with Crippen LogP contribution >= 0.6 is 0 Å². The first-order valence-corrected chi connectivity index (χ1v) is 5.09. The quantitative estimate of drug-likeness (QED) is 0.745. The predicted octanol–water partition coefficient (Wildman–Crippen LogP) is 2.30. The highest BCUT2D eigenvalue weighted by Crippen LogP contribution is 2.17. The maximum absolute atomic E-state index is 5.04. The van der Waals surface area contributed by atoms with E-state index in [9.17, 15) is 0 Å². The first-order valence-electron chi connectivity index (χ1n) is 5.09. The zero-order valence-corrected chi connectivity index (χ0v) is 9.26. The van der Waals surface area contributed by atoms with Crippen LogP contribution in [0.1, 0.15) is 29.2 Å². The van der Waals surface area contributed by atoms with Gasteiger partial charge >= 0.3 is 0 Å². The van der Waals surface area contributed by atoms with Crippen molar-refractivity contribution in [2.24, 2.45) is 5.90 Å². The Morgan fingerprint density at radius 1 is 1.29 bits per heavy atom. The SMILES string of the molecule is CCc1cc(C)c(C)c(CCON)c1. The molecular formula is C12H19NO. The van der Waals surface area contributed by atoms with Gasteiger partial charge in [-0.25, -0.2) is 5.90 Å². The normalized spacial score (nSPS) is 10.6. The van der Waals surface area contributed by atoms with Crippen molar-refractivity contribution < 1.29 is 4.84 Å². The Balaban J connectivity index is 2.95. The van der Waals surface area contributed by atoms with Crippen LogP contribution in [0.2, 0.25) is 0 Å². The van der Waals surface area contributed by atoms with E-state index in [1.54, 1.807) is 0 Å². The second kappa shape index (κ2) is 5.13. The van der Waals surface area contributed by atoms with Gasteiger partial charge in [0.05, 0.1) is 6.61 Å². The minimum atomic E-state index is 0.591. The van der Waals surface area contributed by atoms with Gasteiger partial charge < -0.3 is 4.84 Å². The molecule has 0 aliphatic rings. The van der Waals surface area contributed by atoms with E-state index in [4.69, 9.17) is 5.90 Å². The highest BCUT2D eigenvalue weighted by molar-refractivity contribution is 5.37. The highest BCUT2D eigenvalue weighted by Gasteiger charge is 2.03. The number of aryl methyl sites for hydroxylation is 2. The molecule has 0 aliphatic carbocycles. The van der Waals surface area contributed by atoms with Crippen LogP contribution < -0.4 is 5.90 Å². The third kappa shape index (κ3) is 2.56. The summed E-state index contributed by atoms with van der Waals surface area (Å²) in [6.45, 7) is 7.07. The molecular weight excluding hydrogens is 174 g/mol. The van der Waals surface area contributed by atoms with E-state index in [0.29, 0.717) is 6.61 Å². The average molecular weight is 193 g/mol. The molecule has 78 valence electrons. The van der Waals surface area contributed by atoms with Crippen molar-refractivity contribution in [3.8, 4) is 0 Å². The smallest absolute Gasteiger partial charge is 0.0719 e. The molecule has 0 aliphatic heterocycles. The third-order valence-corrected chi connectivity index (χ3v) is 2.73. The van der Waals surface area contributed by atoms with Crippen LogP contribution in [0.4, 0.5) is 0 Å². The Bertz CT molecular complexity index is 307. The molecule has 0 fully saturated rings. The monoisotopic (exact) mass is 193 g/mol. The maximum Gasteiger partial charge on any atom is 0.0719 e. The summed E-state index contributed by atoms with van der Waals surface area (Å²) in [4.78, 5) is 4.61. The topological polar surface area (TPSA) is 35.2 Å². The largest absolute Gasteiger partial charge is 0.304 e. The van der Waals surface area contributed by atoms with Crippen molar-refractivity contribution in [2.45, 2.75) is 33.6 Å². The Morgan fingerprint density at radius 3 is 2.57 bits per heavy atom. The molecule has 0 spiro atoms. The second-order valence-electron chi connectivity index (χ2n) is 3.67. The van der Waals surface area contributed by atoms with Crippen molar-refractivity contribution in [3.05, 3.63) is 34.4 Å². The molecule has 0 saturated carbocycles. The summed E-state index contributed by atoms with van der Waals surface area (Å²) in [5.41, 5.74) is 5.46. The predicted molar refractivity (Wildman–Crippen MR) is 59.1 cm³/mol. The van der Waals surface area contributed by atoms with Gasteiger partial charge in [0.25, 0.3) is 0 Å². The van der Waals surface area contributed by atoms with Gasteiger partial charge in [0.2, 0.25) is 0 Å². The summed E-state index contributed by atoms with van der Waals surface area (Å²) < 4.78 is 0. The van der Waals surface area contributed by atoms with Crippen molar-refractivity contribution in [3.63, 3.8) is 0 Å². The van der Waals surface area contributed by atoms with E-state index in [1.807, 2.05) is 0 Å². The number of hydrogen-bond donors (Lipinski definition) is 1. The summed E-state index contributed by atoms with van der Waals surface area (Å²) in [5.74, 6) is 5.04. The molecule has 0 heterocycles. The molecule has 1 aromatic rings. The van der Waals surface area contributed by atoms with E-state index in [2.05, 4.69) is 37.7 Å². The fourth-order valence-corrected chi connectivity index (χ4v) is 1.65. The van der Waals surface area contributed by atoms with Gasteiger partial charge in [-0.05, 0) is 48.9 Å². The fourth-order valence-electron chi connectivity index (χ4n) is 1.65. The van der Waals surface area contributed by atoms with Crippen molar-refractivity contribution in [1.82, 2.24) is 0 Å². The number of nitrogens with two attached hydrogens (primary N) is 1. The summed E-state index contributed by atoms with van der Waals surface area (Å²) in [6, 6.07) is 4.50. The van der Waals surface area contributed by atoms with Crippen molar-refractivity contribution in [2.75, 3.05) is 6.61 Å². The van der Waals surface area contributed by atoms with Crippen LogP contribution in [0, 0.1) is 13.8 Å². The van der Waals surface area contributed by atoms with Gasteiger partial charge in [-0.3, -0.25) is 0 Å². The van der Waals surface area contributed by atoms with Crippen LogP contribution in [-0.4, -0.2) is 6.61 Å². The standard InChI is InChI=1S/C12H19NO/c1-4-11-7-9(2)10(3)12(8-11)5-6-14-13/h7-8H,4-6,13H2,1-3H3. The molecule has 0 atom stereocenters. The van der Waals surface area contributed by atoms with Crippen LogP contribution in [-0.2, 0) is 17.7 Å². The minimum Gasteiger partial charge on any atom is -0.304 e. The lowest BCUT2D eigenvalue weighted by molar-refractivity contribution is 0.141. The molecule has 2 heteroatoms. The van der Waals surface area contributed by atoms with Crippen LogP contribution in [0.3, 0.4) is 0 Å². The van der Waals surface area contributed by atoms with Crippen LogP contribution in [0.25, 0.3) is 0 Å². The summed E-state index contributed by atoms with van der Waals surface area (Å²) in [5, 5.41) is 0. The molecule has 2 N–H and O–H groups in total. The molecule has 0 bridgehead atoms. The Labute approximate surface area is 86.0 Å². The summed E-state index contributed by atoms with van der Waals surface area (Å²) in [7, 11) is 0. The fraction of sp³-hybridized carbons (Fsp3) is 0.500. The van der Waals surface area contributed by atoms with Crippen molar-refractivity contribution >= 4 is 0 Å². The molecule has 0 amide bonds. The van der Waals surface area contributed by atoms with Gasteiger partial charge in [-0.1, -0.05) is 19.1 Å². The lowest BCUT2D eigenvalue weighted by Crippen LogP contribution is -2.05. The lowest BCUT2D eigenvalue weighted by Gasteiger charge is -2.10. The first kappa shape index (κ1) is 11.2. The van der Waals surface area contributed by atoms with Gasteiger partial charge in [0.15, 0.2) is 0 Å². The molecule has 1 rings (SSSR count). The number of benzene rings is 1. The molecule has 1 aromatic carbocycles. The molecule has 0 aromatic heterocycles.